The monoisotopic (exact) mass is 390 g/mol. The van der Waals surface area contributed by atoms with Crippen LogP contribution in [0.5, 0.6) is 11.5 Å². The van der Waals surface area contributed by atoms with Gasteiger partial charge in [0.2, 0.25) is 0 Å². The van der Waals surface area contributed by atoms with E-state index in [1.54, 1.807) is 24.3 Å². The van der Waals surface area contributed by atoms with Gasteiger partial charge in [0.05, 0.1) is 12.7 Å². The Morgan fingerprint density at radius 2 is 1.63 bits per heavy atom. The Morgan fingerprint density at radius 3 is 2.11 bits per heavy atom. The second-order valence-corrected chi connectivity index (χ2v) is 6.61. The maximum atomic E-state index is 12.7. The third-order valence-electron chi connectivity index (χ3n) is 3.99. The molecule has 0 radical (unpaired) electrons. The lowest BCUT2D eigenvalue weighted by Gasteiger charge is -2.35. The summed E-state index contributed by atoms with van der Waals surface area (Å²) in [5.74, 6) is 0.448. The summed E-state index contributed by atoms with van der Waals surface area (Å²) in [6.07, 6.45) is 1.59. The van der Waals surface area contributed by atoms with Crippen molar-refractivity contribution in [3.8, 4) is 11.5 Å². The summed E-state index contributed by atoms with van der Waals surface area (Å²) in [6.45, 7) is 10.7. The van der Waals surface area contributed by atoms with Gasteiger partial charge in [0, 0.05) is 13.1 Å². The van der Waals surface area contributed by atoms with Crippen molar-refractivity contribution in [3.63, 3.8) is 0 Å². The molecule has 6 nitrogen and oxygen atoms in total. The summed E-state index contributed by atoms with van der Waals surface area (Å²) in [6, 6.07) is 5.36. The highest BCUT2D eigenvalue weighted by atomic mass is 32.1. The van der Waals surface area contributed by atoms with Crippen LogP contribution in [-0.4, -0.2) is 52.5 Å². The van der Waals surface area contributed by atoms with E-state index in [0.717, 1.165) is 0 Å². The molecule has 1 saturated heterocycles. The molecule has 1 aromatic rings. The van der Waals surface area contributed by atoms with Crippen molar-refractivity contribution in [1.29, 1.82) is 0 Å². The molecule has 2 amide bonds. The summed E-state index contributed by atoms with van der Waals surface area (Å²) in [5, 5.41) is 0.253. The van der Waals surface area contributed by atoms with E-state index in [9.17, 15) is 9.59 Å². The minimum Gasteiger partial charge on any atom is -0.490 e. The van der Waals surface area contributed by atoms with E-state index in [2.05, 4.69) is 0 Å². The van der Waals surface area contributed by atoms with Crippen LogP contribution in [0, 0.1) is 0 Å². The molecule has 0 spiro atoms. The normalized spacial score (nSPS) is 14.9. The number of amides is 2. The molecule has 1 aromatic carbocycles. The summed E-state index contributed by atoms with van der Waals surface area (Å²) in [5.41, 5.74) is 0.776. The molecule has 0 aliphatic carbocycles. The van der Waals surface area contributed by atoms with Gasteiger partial charge in [-0.05, 0) is 70.6 Å². The Hall–Kier alpha value is -2.41. The van der Waals surface area contributed by atoms with E-state index in [1.165, 1.54) is 9.80 Å². The van der Waals surface area contributed by atoms with Crippen molar-refractivity contribution in [2.24, 2.45) is 0 Å². The van der Waals surface area contributed by atoms with Crippen LogP contribution in [0.3, 0.4) is 0 Å². The molecular weight excluding hydrogens is 364 g/mol. The smallest absolute Gasteiger partial charge is 0.265 e. The van der Waals surface area contributed by atoms with E-state index in [1.807, 2.05) is 34.6 Å². The molecule has 1 aliphatic rings. The fraction of sp³-hybridized carbons (Fsp3) is 0.450. The Balaban J connectivity index is 2.46. The van der Waals surface area contributed by atoms with Crippen molar-refractivity contribution in [1.82, 2.24) is 9.80 Å². The molecule has 1 aliphatic heterocycles. The molecule has 146 valence electrons. The standard InChI is InChI=1S/C20H26N2O4S/c1-6-21-18(23)15(19(24)22(7-2)20(21)27)11-14-9-10-16(26-13(4)5)17(12-14)25-8-3/h9-13H,6-8H2,1-5H3. The lowest BCUT2D eigenvalue weighted by atomic mass is 10.1. The van der Waals surface area contributed by atoms with Gasteiger partial charge in [0.25, 0.3) is 11.8 Å². The predicted molar refractivity (Wildman–Crippen MR) is 109 cm³/mol. The predicted octanol–water partition coefficient (Wildman–Crippen LogP) is 3.25. The van der Waals surface area contributed by atoms with Gasteiger partial charge >= 0.3 is 0 Å². The molecule has 0 N–H and O–H groups in total. The second-order valence-electron chi connectivity index (χ2n) is 6.25. The van der Waals surface area contributed by atoms with Gasteiger partial charge in [-0.15, -0.1) is 0 Å². The average Bonchev–Trinajstić information content (AvgIpc) is 2.61. The molecule has 27 heavy (non-hydrogen) atoms. The quantitative estimate of drug-likeness (QED) is 0.406. The SMILES string of the molecule is CCOc1cc(C=C2C(=O)N(CC)C(=S)N(CC)C2=O)ccc1OC(C)C. The summed E-state index contributed by atoms with van der Waals surface area (Å²) in [4.78, 5) is 28.3. The highest BCUT2D eigenvalue weighted by Crippen LogP contribution is 2.31. The topological polar surface area (TPSA) is 59.1 Å². The fourth-order valence-electron chi connectivity index (χ4n) is 2.78. The van der Waals surface area contributed by atoms with E-state index in [0.29, 0.717) is 36.8 Å². The van der Waals surface area contributed by atoms with E-state index < -0.39 is 0 Å². The number of nitrogens with zero attached hydrogens (tertiary/aromatic N) is 2. The zero-order valence-corrected chi connectivity index (χ0v) is 17.3. The van der Waals surface area contributed by atoms with E-state index >= 15 is 0 Å². The van der Waals surface area contributed by atoms with Gasteiger partial charge in [-0.1, -0.05) is 6.07 Å². The number of carbonyl (C=O) groups excluding carboxylic acids is 2. The molecule has 0 unspecified atom stereocenters. The van der Waals surface area contributed by atoms with Crippen LogP contribution in [-0.2, 0) is 9.59 Å². The largest absolute Gasteiger partial charge is 0.490 e. The Kier molecular flexibility index (Phi) is 6.96. The lowest BCUT2D eigenvalue weighted by Crippen LogP contribution is -2.55. The summed E-state index contributed by atoms with van der Waals surface area (Å²) in [7, 11) is 0. The molecule has 1 heterocycles. The zero-order valence-electron chi connectivity index (χ0n) is 16.4. The number of hydrogen-bond donors (Lipinski definition) is 0. The number of benzene rings is 1. The number of rotatable bonds is 7. The van der Waals surface area contributed by atoms with Gasteiger partial charge in [-0.2, -0.15) is 0 Å². The maximum Gasteiger partial charge on any atom is 0.265 e. The lowest BCUT2D eigenvalue weighted by molar-refractivity contribution is -0.133. The Morgan fingerprint density at radius 1 is 1.04 bits per heavy atom. The van der Waals surface area contributed by atoms with Gasteiger partial charge in [0.1, 0.15) is 5.57 Å². The summed E-state index contributed by atoms with van der Waals surface area (Å²) < 4.78 is 11.4. The minimum absolute atomic E-state index is 0.00662. The minimum atomic E-state index is -0.377. The van der Waals surface area contributed by atoms with E-state index in [-0.39, 0.29) is 28.6 Å². The fourth-order valence-corrected chi connectivity index (χ4v) is 3.21. The highest BCUT2D eigenvalue weighted by Gasteiger charge is 2.37. The van der Waals surface area contributed by atoms with Gasteiger partial charge in [-0.3, -0.25) is 19.4 Å². The van der Waals surface area contributed by atoms with Crippen molar-refractivity contribution in [2.45, 2.75) is 40.7 Å². The first-order chi connectivity index (χ1) is 12.8. The number of thiocarbonyl (C=S) groups is 1. The van der Waals surface area contributed by atoms with Crippen molar-refractivity contribution in [3.05, 3.63) is 29.3 Å². The van der Waals surface area contributed by atoms with Crippen molar-refractivity contribution < 1.29 is 19.1 Å². The van der Waals surface area contributed by atoms with Crippen LogP contribution in [0.1, 0.15) is 40.2 Å². The first-order valence-corrected chi connectivity index (χ1v) is 9.57. The molecule has 0 aromatic heterocycles. The molecule has 7 heteroatoms. The third-order valence-corrected chi connectivity index (χ3v) is 4.43. The first kappa shape index (κ1) is 20.9. The molecular formula is C20H26N2O4S. The Bertz CT molecular complexity index is 745. The summed E-state index contributed by atoms with van der Waals surface area (Å²) >= 11 is 5.28. The van der Waals surface area contributed by atoms with Crippen molar-refractivity contribution in [2.75, 3.05) is 19.7 Å². The van der Waals surface area contributed by atoms with Gasteiger partial charge < -0.3 is 9.47 Å². The van der Waals surface area contributed by atoms with Gasteiger partial charge in [0.15, 0.2) is 16.6 Å². The van der Waals surface area contributed by atoms with E-state index in [4.69, 9.17) is 21.7 Å². The molecule has 2 rings (SSSR count). The van der Waals surface area contributed by atoms with Crippen LogP contribution in [0.4, 0.5) is 0 Å². The van der Waals surface area contributed by atoms with Crippen LogP contribution >= 0.6 is 12.2 Å². The Labute approximate surface area is 165 Å². The van der Waals surface area contributed by atoms with Crippen LogP contribution in [0.25, 0.3) is 6.08 Å². The molecule has 0 saturated carbocycles. The molecule has 1 fully saturated rings. The molecule has 0 bridgehead atoms. The molecule has 0 atom stereocenters. The average molecular weight is 391 g/mol. The van der Waals surface area contributed by atoms with Crippen LogP contribution in [0.15, 0.2) is 23.8 Å². The first-order valence-electron chi connectivity index (χ1n) is 9.16. The maximum absolute atomic E-state index is 12.7. The third kappa shape index (κ3) is 4.47. The zero-order chi connectivity index (χ0) is 20.1. The number of hydrogen-bond acceptors (Lipinski definition) is 5. The highest BCUT2D eigenvalue weighted by molar-refractivity contribution is 7.80. The van der Waals surface area contributed by atoms with Crippen molar-refractivity contribution >= 4 is 35.2 Å². The van der Waals surface area contributed by atoms with Crippen LogP contribution in [0.2, 0.25) is 0 Å². The van der Waals surface area contributed by atoms with Gasteiger partial charge in [-0.25, -0.2) is 0 Å². The number of likely N-dealkylation sites (N-methyl/N-ethyl adjacent to an activating group) is 2. The second kappa shape index (κ2) is 8.99. The number of carbonyl (C=O) groups is 2. The van der Waals surface area contributed by atoms with Crippen LogP contribution < -0.4 is 9.47 Å². The number of ether oxygens (including phenoxy) is 2.